The number of hydrogen-bond acceptors (Lipinski definition) is 6. The Morgan fingerprint density at radius 3 is 3.00 bits per heavy atom. The fourth-order valence-corrected chi connectivity index (χ4v) is 2.72. The van der Waals surface area contributed by atoms with Crippen LogP contribution in [0.15, 0.2) is 5.16 Å². The molecule has 1 aromatic rings. The molecular weight excluding hydrogens is 270 g/mol. The molecule has 2 N–H and O–H groups in total. The summed E-state index contributed by atoms with van der Waals surface area (Å²) in [6, 6.07) is 0. The number of thioether (sulfide) groups is 1. The van der Waals surface area contributed by atoms with Crippen LogP contribution in [0.25, 0.3) is 0 Å². The van der Waals surface area contributed by atoms with E-state index in [2.05, 4.69) is 10.2 Å². The van der Waals surface area contributed by atoms with Crippen molar-refractivity contribution in [2.45, 2.75) is 31.1 Å². The van der Waals surface area contributed by atoms with Gasteiger partial charge in [0.1, 0.15) is 6.61 Å². The van der Waals surface area contributed by atoms with Crippen molar-refractivity contribution < 1.29 is 19.7 Å². The molecule has 0 bridgehead atoms. The number of carboxylic acid groups (broad SMARTS) is 1. The lowest BCUT2D eigenvalue weighted by atomic mass is 10.1. The molecule has 1 aliphatic heterocycles. The third-order valence-corrected chi connectivity index (χ3v) is 4.00. The highest BCUT2D eigenvalue weighted by molar-refractivity contribution is 7.99. The Morgan fingerprint density at radius 2 is 2.37 bits per heavy atom. The zero-order valence-electron chi connectivity index (χ0n) is 10.5. The largest absolute Gasteiger partial charge is 0.481 e. The van der Waals surface area contributed by atoms with Gasteiger partial charge in [-0.3, -0.25) is 4.79 Å². The van der Waals surface area contributed by atoms with E-state index in [1.165, 1.54) is 0 Å². The molecule has 1 saturated heterocycles. The van der Waals surface area contributed by atoms with Crippen LogP contribution in [0.3, 0.4) is 0 Å². The fourth-order valence-electron chi connectivity index (χ4n) is 2.02. The van der Waals surface area contributed by atoms with Gasteiger partial charge in [-0.15, -0.1) is 10.2 Å². The molecule has 7 nitrogen and oxygen atoms in total. The van der Waals surface area contributed by atoms with E-state index in [4.69, 9.17) is 9.84 Å². The maximum atomic E-state index is 10.6. The molecule has 0 radical (unpaired) electrons. The second-order valence-electron chi connectivity index (χ2n) is 4.41. The second kappa shape index (κ2) is 6.88. The molecule has 0 aliphatic carbocycles. The van der Waals surface area contributed by atoms with E-state index in [9.17, 15) is 9.90 Å². The van der Waals surface area contributed by atoms with Crippen molar-refractivity contribution in [3.8, 4) is 0 Å². The van der Waals surface area contributed by atoms with Gasteiger partial charge in [-0.25, -0.2) is 0 Å². The van der Waals surface area contributed by atoms with Crippen LogP contribution in [-0.4, -0.2) is 49.9 Å². The van der Waals surface area contributed by atoms with E-state index in [0.717, 1.165) is 37.8 Å². The van der Waals surface area contributed by atoms with Gasteiger partial charge < -0.3 is 19.5 Å². The van der Waals surface area contributed by atoms with Gasteiger partial charge in [0.25, 0.3) is 0 Å². The van der Waals surface area contributed by atoms with Gasteiger partial charge in [-0.05, 0) is 18.8 Å². The first-order valence-corrected chi connectivity index (χ1v) is 7.14. The van der Waals surface area contributed by atoms with Crippen molar-refractivity contribution >= 4 is 17.7 Å². The lowest BCUT2D eigenvalue weighted by Crippen LogP contribution is -2.11. The van der Waals surface area contributed by atoms with Crippen LogP contribution in [0.1, 0.15) is 18.7 Å². The summed E-state index contributed by atoms with van der Waals surface area (Å²) in [6.45, 7) is 2.06. The molecule has 0 spiro atoms. The lowest BCUT2D eigenvalue weighted by molar-refractivity contribution is -0.133. The van der Waals surface area contributed by atoms with Gasteiger partial charge in [0, 0.05) is 19.8 Å². The van der Waals surface area contributed by atoms with Crippen LogP contribution in [0.5, 0.6) is 0 Å². The smallest absolute Gasteiger partial charge is 0.313 e. The third-order valence-electron chi connectivity index (χ3n) is 3.04. The van der Waals surface area contributed by atoms with Crippen LogP contribution in [0.2, 0.25) is 0 Å². The first-order valence-electron chi connectivity index (χ1n) is 6.16. The van der Waals surface area contributed by atoms with Crippen LogP contribution in [0, 0.1) is 5.92 Å². The molecule has 0 amide bonds. The summed E-state index contributed by atoms with van der Waals surface area (Å²) >= 11 is 1.12. The van der Waals surface area contributed by atoms with Crippen molar-refractivity contribution in [1.29, 1.82) is 0 Å². The fraction of sp³-hybridized carbons (Fsp3) is 0.727. The minimum absolute atomic E-state index is 0.0594. The predicted octanol–water partition coefficient (Wildman–Crippen LogP) is 0.374. The van der Waals surface area contributed by atoms with Crippen LogP contribution < -0.4 is 0 Å². The first-order chi connectivity index (χ1) is 9.20. The summed E-state index contributed by atoms with van der Waals surface area (Å²) in [5.41, 5.74) is 0. The molecule has 2 heterocycles. The second-order valence-corrected chi connectivity index (χ2v) is 5.35. The van der Waals surface area contributed by atoms with Crippen molar-refractivity contribution in [1.82, 2.24) is 14.8 Å². The summed E-state index contributed by atoms with van der Waals surface area (Å²) in [5.74, 6) is 0.0446. The molecule has 19 heavy (non-hydrogen) atoms. The van der Waals surface area contributed by atoms with Crippen molar-refractivity contribution in [3.05, 3.63) is 5.82 Å². The number of rotatable bonds is 7. The van der Waals surface area contributed by atoms with E-state index in [1.54, 1.807) is 4.57 Å². The number of aromatic nitrogens is 3. The zero-order valence-corrected chi connectivity index (χ0v) is 11.3. The number of aliphatic hydroxyl groups is 1. The number of carbonyl (C=O) groups is 1. The molecular formula is C11H17N3O4S. The third kappa shape index (κ3) is 3.92. The Labute approximate surface area is 115 Å². The topological polar surface area (TPSA) is 97.5 Å². The average molecular weight is 287 g/mol. The molecule has 2 rings (SSSR count). The Kier molecular flexibility index (Phi) is 5.17. The maximum absolute atomic E-state index is 10.6. The summed E-state index contributed by atoms with van der Waals surface area (Å²) in [6.07, 6.45) is 1.97. The molecule has 8 heteroatoms. The van der Waals surface area contributed by atoms with E-state index < -0.39 is 5.97 Å². The van der Waals surface area contributed by atoms with E-state index in [-0.39, 0.29) is 12.4 Å². The van der Waals surface area contributed by atoms with Gasteiger partial charge in [0.2, 0.25) is 0 Å². The Bertz CT molecular complexity index is 432. The molecule has 1 aromatic heterocycles. The molecule has 0 saturated carbocycles. The molecule has 1 fully saturated rings. The van der Waals surface area contributed by atoms with E-state index in [1.807, 2.05) is 0 Å². The number of ether oxygens (including phenoxy) is 1. The number of carboxylic acids is 1. The van der Waals surface area contributed by atoms with Gasteiger partial charge in [-0.1, -0.05) is 11.8 Å². The molecule has 1 aliphatic rings. The first kappa shape index (κ1) is 14.3. The molecule has 106 valence electrons. The average Bonchev–Trinajstić information content (AvgIpc) is 3.02. The van der Waals surface area contributed by atoms with Crippen LogP contribution in [0.4, 0.5) is 0 Å². The minimum atomic E-state index is -0.894. The standard InChI is InChI=1S/C11H17N3O4S/c15-5-9-12-13-11(19-7-10(16)17)14(9)3-1-8-2-4-18-6-8/h8,15H,1-7H2,(H,16,17). The number of aliphatic hydroxyl groups excluding tert-OH is 1. The number of hydrogen-bond donors (Lipinski definition) is 2. The highest BCUT2D eigenvalue weighted by Crippen LogP contribution is 2.21. The maximum Gasteiger partial charge on any atom is 0.313 e. The summed E-state index contributed by atoms with van der Waals surface area (Å²) < 4.78 is 7.12. The monoisotopic (exact) mass is 287 g/mol. The van der Waals surface area contributed by atoms with E-state index in [0.29, 0.717) is 23.4 Å². The quantitative estimate of drug-likeness (QED) is 0.699. The normalized spacial score (nSPS) is 18.9. The summed E-state index contributed by atoms with van der Waals surface area (Å²) in [5, 5.41) is 26.3. The highest BCUT2D eigenvalue weighted by Gasteiger charge is 2.18. The van der Waals surface area contributed by atoms with Gasteiger partial charge >= 0.3 is 5.97 Å². The summed E-state index contributed by atoms with van der Waals surface area (Å²) in [7, 11) is 0. The summed E-state index contributed by atoms with van der Waals surface area (Å²) in [4.78, 5) is 10.6. The number of aliphatic carboxylic acids is 1. The van der Waals surface area contributed by atoms with Gasteiger partial charge in [-0.2, -0.15) is 0 Å². The van der Waals surface area contributed by atoms with Crippen molar-refractivity contribution in [2.75, 3.05) is 19.0 Å². The van der Waals surface area contributed by atoms with Crippen molar-refractivity contribution in [3.63, 3.8) is 0 Å². The Hall–Kier alpha value is -1.12. The van der Waals surface area contributed by atoms with Crippen LogP contribution >= 0.6 is 11.8 Å². The molecule has 1 unspecified atom stereocenters. The minimum Gasteiger partial charge on any atom is -0.481 e. The van der Waals surface area contributed by atoms with Crippen molar-refractivity contribution in [2.24, 2.45) is 5.92 Å². The van der Waals surface area contributed by atoms with Crippen LogP contribution in [-0.2, 0) is 22.7 Å². The Balaban J connectivity index is 1.98. The SMILES string of the molecule is O=C(O)CSc1nnc(CO)n1CCC1CCOC1. The van der Waals surface area contributed by atoms with Gasteiger partial charge in [0.15, 0.2) is 11.0 Å². The lowest BCUT2D eigenvalue weighted by Gasteiger charge is -2.11. The Morgan fingerprint density at radius 1 is 1.53 bits per heavy atom. The molecule has 1 atom stereocenters. The van der Waals surface area contributed by atoms with Gasteiger partial charge in [0.05, 0.1) is 5.75 Å². The predicted molar refractivity (Wildman–Crippen MR) is 67.8 cm³/mol. The van der Waals surface area contributed by atoms with E-state index >= 15 is 0 Å². The zero-order chi connectivity index (χ0) is 13.7. The number of nitrogens with zero attached hydrogens (tertiary/aromatic N) is 3. The highest BCUT2D eigenvalue weighted by atomic mass is 32.2. The molecule has 0 aromatic carbocycles.